The molecule has 0 radical (unpaired) electrons. The Hall–Kier alpha value is -2.21. The third kappa shape index (κ3) is 3.89. The zero-order chi connectivity index (χ0) is 14.6. The van der Waals surface area contributed by atoms with Gasteiger partial charge in [-0.25, -0.2) is 17.5 Å². The van der Waals surface area contributed by atoms with Crippen molar-refractivity contribution in [1.82, 2.24) is 4.72 Å². The first-order valence-corrected chi connectivity index (χ1v) is 7.46. The van der Waals surface area contributed by atoms with E-state index in [1.54, 1.807) is 30.3 Å². The summed E-state index contributed by atoms with van der Waals surface area (Å²) in [5.74, 6) is -1.56. The van der Waals surface area contributed by atoms with Crippen molar-refractivity contribution in [1.29, 1.82) is 0 Å². The fourth-order valence-electron chi connectivity index (χ4n) is 1.63. The van der Waals surface area contributed by atoms with Crippen molar-refractivity contribution in [3.63, 3.8) is 0 Å². The average molecular weight is 293 g/mol. The number of hydrogen-bond acceptors (Lipinski definition) is 3. The highest BCUT2D eigenvalue weighted by molar-refractivity contribution is 7.89. The molecule has 0 aliphatic rings. The first-order chi connectivity index (χ1) is 9.46. The van der Waals surface area contributed by atoms with Crippen LogP contribution in [0.1, 0.15) is 15.9 Å². The second-order valence-electron chi connectivity index (χ2n) is 4.18. The molecule has 2 aromatic carbocycles. The number of halogens is 1. The standard InChI is InChI=1S/C14H12FNO3S/c15-13-8-6-12(7-9-13)14(17)16-20(18,19)10-11-4-2-1-3-5-11/h1-9H,10H2,(H,16,17). The fraction of sp³-hybridized carbons (Fsp3) is 0.0714. The van der Waals surface area contributed by atoms with Gasteiger partial charge >= 0.3 is 0 Å². The van der Waals surface area contributed by atoms with Crippen molar-refractivity contribution in [3.8, 4) is 0 Å². The molecule has 1 N–H and O–H groups in total. The number of rotatable bonds is 4. The van der Waals surface area contributed by atoms with E-state index in [-0.39, 0.29) is 11.3 Å². The number of amides is 1. The van der Waals surface area contributed by atoms with Gasteiger partial charge in [-0.15, -0.1) is 0 Å². The van der Waals surface area contributed by atoms with Crippen LogP contribution in [0.3, 0.4) is 0 Å². The van der Waals surface area contributed by atoms with Crippen molar-refractivity contribution in [2.24, 2.45) is 0 Å². The maximum atomic E-state index is 12.7. The summed E-state index contributed by atoms with van der Waals surface area (Å²) >= 11 is 0. The summed E-state index contributed by atoms with van der Waals surface area (Å²) in [4.78, 5) is 11.7. The molecule has 20 heavy (non-hydrogen) atoms. The van der Waals surface area contributed by atoms with Gasteiger partial charge in [0, 0.05) is 5.56 Å². The summed E-state index contributed by atoms with van der Waals surface area (Å²) in [7, 11) is -3.79. The number of nitrogens with one attached hydrogen (secondary N) is 1. The van der Waals surface area contributed by atoms with E-state index < -0.39 is 21.7 Å². The number of hydrogen-bond donors (Lipinski definition) is 1. The Bertz CT molecular complexity index is 697. The van der Waals surface area contributed by atoms with Gasteiger partial charge < -0.3 is 0 Å². The molecule has 0 aromatic heterocycles. The second-order valence-corrected chi connectivity index (χ2v) is 5.91. The molecule has 0 aliphatic carbocycles. The molecule has 0 fully saturated rings. The van der Waals surface area contributed by atoms with Crippen molar-refractivity contribution >= 4 is 15.9 Å². The molecule has 6 heteroatoms. The Kier molecular flexibility index (Phi) is 4.14. The quantitative estimate of drug-likeness (QED) is 0.938. The van der Waals surface area contributed by atoms with Gasteiger partial charge in [-0.05, 0) is 29.8 Å². The van der Waals surface area contributed by atoms with Crippen LogP contribution in [0.25, 0.3) is 0 Å². The van der Waals surface area contributed by atoms with Crippen LogP contribution in [-0.4, -0.2) is 14.3 Å². The Morgan fingerprint density at radius 1 is 1.00 bits per heavy atom. The van der Waals surface area contributed by atoms with Crippen LogP contribution in [0.15, 0.2) is 54.6 Å². The lowest BCUT2D eigenvalue weighted by Crippen LogP contribution is -2.31. The van der Waals surface area contributed by atoms with Crippen molar-refractivity contribution in [2.75, 3.05) is 0 Å². The largest absolute Gasteiger partial charge is 0.268 e. The minimum absolute atomic E-state index is 0.0861. The summed E-state index contributed by atoms with van der Waals surface area (Å²) in [6.45, 7) is 0. The van der Waals surface area contributed by atoms with Gasteiger partial charge in [0.2, 0.25) is 10.0 Å². The summed E-state index contributed by atoms with van der Waals surface area (Å²) in [5, 5.41) is 0. The van der Waals surface area contributed by atoms with Gasteiger partial charge in [0.1, 0.15) is 5.82 Å². The highest BCUT2D eigenvalue weighted by atomic mass is 32.2. The summed E-state index contributed by atoms with van der Waals surface area (Å²) in [6, 6.07) is 13.2. The van der Waals surface area contributed by atoms with Crippen molar-refractivity contribution < 1.29 is 17.6 Å². The third-order valence-corrected chi connectivity index (χ3v) is 3.76. The zero-order valence-electron chi connectivity index (χ0n) is 10.4. The minimum Gasteiger partial charge on any atom is -0.268 e. The lowest BCUT2D eigenvalue weighted by molar-refractivity contribution is 0.0981. The van der Waals surface area contributed by atoms with Crippen molar-refractivity contribution in [3.05, 3.63) is 71.5 Å². The molecule has 1 amide bonds. The molecular weight excluding hydrogens is 281 g/mol. The maximum Gasteiger partial charge on any atom is 0.264 e. The maximum absolute atomic E-state index is 12.7. The summed E-state index contributed by atoms with van der Waals surface area (Å²) < 4.78 is 38.4. The van der Waals surface area contributed by atoms with E-state index in [1.165, 1.54) is 12.1 Å². The fourth-order valence-corrected chi connectivity index (χ4v) is 2.73. The Balaban J connectivity index is 2.08. The molecular formula is C14H12FNO3S. The first kappa shape index (κ1) is 14.2. The lowest BCUT2D eigenvalue weighted by Gasteiger charge is -2.07. The van der Waals surface area contributed by atoms with Gasteiger partial charge in [-0.2, -0.15) is 0 Å². The van der Waals surface area contributed by atoms with Gasteiger partial charge in [-0.3, -0.25) is 4.79 Å². The SMILES string of the molecule is O=C(NS(=O)(=O)Cc1ccccc1)c1ccc(F)cc1. The third-order valence-electron chi connectivity index (χ3n) is 2.55. The van der Waals surface area contributed by atoms with Crippen molar-refractivity contribution in [2.45, 2.75) is 5.75 Å². The summed E-state index contributed by atoms with van der Waals surface area (Å²) in [5.41, 5.74) is 0.662. The predicted molar refractivity (Wildman–Crippen MR) is 72.9 cm³/mol. The topological polar surface area (TPSA) is 63.2 Å². The van der Waals surface area contributed by atoms with Crippen LogP contribution in [0, 0.1) is 5.82 Å². The van der Waals surface area contributed by atoms with Crippen LogP contribution in [0.5, 0.6) is 0 Å². The molecule has 2 rings (SSSR count). The van der Waals surface area contributed by atoms with E-state index in [2.05, 4.69) is 0 Å². The van der Waals surface area contributed by atoms with E-state index in [0.717, 1.165) is 12.1 Å². The molecule has 0 unspecified atom stereocenters. The highest BCUT2D eigenvalue weighted by Gasteiger charge is 2.16. The van der Waals surface area contributed by atoms with E-state index in [0.29, 0.717) is 5.56 Å². The molecule has 0 saturated carbocycles. The van der Waals surface area contributed by atoms with E-state index in [9.17, 15) is 17.6 Å². The van der Waals surface area contributed by atoms with Gasteiger partial charge in [0.15, 0.2) is 0 Å². The van der Waals surface area contributed by atoms with Gasteiger partial charge in [0.25, 0.3) is 5.91 Å². The predicted octanol–water partition coefficient (Wildman–Crippen LogP) is 2.09. The normalized spacial score (nSPS) is 11.1. The molecule has 0 bridgehead atoms. The molecule has 0 spiro atoms. The smallest absolute Gasteiger partial charge is 0.264 e. The second kappa shape index (κ2) is 5.83. The molecule has 104 valence electrons. The Morgan fingerprint density at radius 2 is 1.60 bits per heavy atom. The van der Waals surface area contributed by atoms with Gasteiger partial charge in [-0.1, -0.05) is 30.3 Å². The Morgan fingerprint density at radius 3 is 2.20 bits per heavy atom. The van der Waals surface area contributed by atoms with Gasteiger partial charge in [0.05, 0.1) is 5.75 Å². The highest BCUT2D eigenvalue weighted by Crippen LogP contribution is 2.07. The van der Waals surface area contributed by atoms with E-state index in [1.807, 2.05) is 4.72 Å². The lowest BCUT2D eigenvalue weighted by atomic mass is 10.2. The average Bonchev–Trinajstić information content (AvgIpc) is 2.39. The molecule has 2 aromatic rings. The molecule has 0 aliphatic heterocycles. The van der Waals surface area contributed by atoms with Crippen LogP contribution < -0.4 is 4.72 Å². The Labute approximate surface area is 116 Å². The molecule has 0 atom stereocenters. The number of sulfonamides is 1. The minimum atomic E-state index is -3.79. The van der Waals surface area contributed by atoms with Crippen LogP contribution in [-0.2, 0) is 15.8 Å². The first-order valence-electron chi connectivity index (χ1n) is 5.80. The number of carbonyl (C=O) groups excluding carboxylic acids is 1. The van der Waals surface area contributed by atoms with Crippen LogP contribution >= 0.6 is 0 Å². The molecule has 4 nitrogen and oxygen atoms in total. The zero-order valence-corrected chi connectivity index (χ0v) is 11.2. The number of carbonyl (C=O) groups is 1. The van der Waals surface area contributed by atoms with E-state index >= 15 is 0 Å². The molecule has 0 saturated heterocycles. The number of benzene rings is 2. The van der Waals surface area contributed by atoms with Crippen LogP contribution in [0.2, 0.25) is 0 Å². The summed E-state index contributed by atoms with van der Waals surface area (Å²) in [6.07, 6.45) is 0. The molecule has 0 heterocycles. The van der Waals surface area contributed by atoms with Crippen LogP contribution in [0.4, 0.5) is 4.39 Å². The van der Waals surface area contributed by atoms with E-state index in [4.69, 9.17) is 0 Å². The monoisotopic (exact) mass is 293 g/mol.